The van der Waals surface area contributed by atoms with Crippen LogP contribution in [0.3, 0.4) is 0 Å². The molecule has 1 saturated carbocycles. The maximum absolute atomic E-state index is 12.4. The Kier molecular flexibility index (Phi) is 3.37. The van der Waals surface area contributed by atoms with Crippen LogP contribution in [0.25, 0.3) is 0 Å². The molecule has 0 unspecified atom stereocenters. The molecule has 0 atom stereocenters. The zero-order valence-corrected chi connectivity index (χ0v) is 11.9. The van der Waals surface area contributed by atoms with Crippen molar-refractivity contribution in [3.8, 4) is 0 Å². The van der Waals surface area contributed by atoms with Crippen LogP contribution in [0, 0.1) is 6.92 Å². The van der Waals surface area contributed by atoms with Crippen LogP contribution in [0.15, 0.2) is 28.8 Å². The van der Waals surface area contributed by atoms with Crippen molar-refractivity contribution in [3.05, 3.63) is 41.5 Å². The van der Waals surface area contributed by atoms with Gasteiger partial charge < -0.3 is 15.6 Å². The van der Waals surface area contributed by atoms with Gasteiger partial charge in [-0.3, -0.25) is 4.79 Å². The second kappa shape index (κ2) is 5.20. The molecule has 0 bridgehead atoms. The van der Waals surface area contributed by atoms with Gasteiger partial charge in [-0.2, -0.15) is 4.98 Å². The number of rotatable bonds is 5. The molecule has 6 heteroatoms. The Morgan fingerprint density at radius 1 is 1.38 bits per heavy atom. The molecule has 0 aliphatic heterocycles. The molecule has 6 nitrogen and oxygen atoms in total. The van der Waals surface area contributed by atoms with Crippen LogP contribution in [0.1, 0.15) is 30.1 Å². The van der Waals surface area contributed by atoms with Crippen LogP contribution in [0.2, 0.25) is 0 Å². The van der Waals surface area contributed by atoms with Crippen molar-refractivity contribution < 1.29 is 9.32 Å². The number of benzene rings is 1. The molecule has 0 spiro atoms. The molecule has 0 saturated heterocycles. The van der Waals surface area contributed by atoms with Gasteiger partial charge in [-0.25, -0.2) is 0 Å². The molecular weight excluding hydrogens is 268 g/mol. The van der Waals surface area contributed by atoms with E-state index in [1.807, 2.05) is 24.3 Å². The Hall–Kier alpha value is -2.37. The van der Waals surface area contributed by atoms with E-state index < -0.39 is 0 Å². The lowest BCUT2D eigenvalue weighted by Crippen LogP contribution is -2.36. The van der Waals surface area contributed by atoms with E-state index >= 15 is 0 Å². The van der Waals surface area contributed by atoms with Crippen molar-refractivity contribution in [2.45, 2.75) is 31.6 Å². The van der Waals surface area contributed by atoms with E-state index in [1.54, 1.807) is 6.92 Å². The third-order valence-corrected chi connectivity index (χ3v) is 3.84. The minimum absolute atomic E-state index is 0.0588. The van der Waals surface area contributed by atoms with Crippen LogP contribution in [0.4, 0.5) is 5.69 Å². The molecule has 21 heavy (non-hydrogen) atoms. The first kappa shape index (κ1) is 13.6. The topological polar surface area (TPSA) is 94.0 Å². The minimum atomic E-state index is -0.377. The highest BCUT2D eigenvalue weighted by Gasteiger charge is 2.50. The smallest absolute Gasteiger partial charge is 0.230 e. The van der Waals surface area contributed by atoms with Crippen LogP contribution in [-0.4, -0.2) is 22.6 Å². The average Bonchev–Trinajstić information content (AvgIpc) is 3.18. The maximum Gasteiger partial charge on any atom is 0.230 e. The number of nitrogens with two attached hydrogens (primary N) is 1. The van der Waals surface area contributed by atoms with Gasteiger partial charge in [-0.15, -0.1) is 0 Å². The van der Waals surface area contributed by atoms with Crippen molar-refractivity contribution in [3.63, 3.8) is 0 Å². The average molecular weight is 286 g/mol. The third-order valence-electron chi connectivity index (χ3n) is 3.84. The molecule has 1 aliphatic carbocycles. The molecule has 2 aromatic rings. The van der Waals surface area contributed by atoms with Crippen molar-refractivity contribution in [2.24, 2.45) is 0 Å². The standard InChI is InChI=1S/C15H18N4O2/c1-10-18-13(21-19-10)6-9-17-14(20)15(7-8-15)11-2-4-12(16)5-3-11/h2-5H,6-9,16H2,1H3,(H,17,20). The van der Waals surface area contributed by atoms with Crippen LogP contribution in [0.5, 0.6) is 0 Å². The van der Waals surface area contributed by atoms with Gasteiger partial charge in [0.1, 0.15) is 0 Å². The molecule has 3 N–H and O–H groups in total. The number of nitrogens with one attached hydrogen (secondary N) is 1. The Morgan fingerprint density at radius 2 is 2.10 bits per heavy atom. The molecule has 1 aliphatic rings. The van der Waals surface area contributed by atoms with Gasteiger partial charge in [0.15, 0.2) is 5.82 Å². The molecule has 3 rings (SSSR count). The fraction of sp³-hybridized carbons (Fsp3) is 0.400. The van der Waals surface area contributed by atoms with Crippen molar-refractivity contribution in [2.75, 3.05) is 12.3 Å². The van der Waals surface area contributed by atoms with Crippen molar-refractivity contribution in [1.82, 2.24) is 15.5 Å². The zero-order chi connectivity index (χ0) is 14.9. The van der Waals surface area contributed by atoms with Gasteiger partial charge in [0.2, 0.25) is 11.8 Å². The molecule has 0 radical (unpaired) electrons. The van der Waals surface area contributed by atoms with E-state index in [-0.39, 0.29) is 11.3 Å². The molecule has 1 fully saturated rings. The van der Waals surface area contributed by atoms with E-state index in [2.05, 4.69) is 15.5 Å². The Morgan fingerprint density at radius 3 is 2.67 bits per heavy atom. The molecule has 1 aromatic heterocycles. The number of aromatic nitrogens is 2. The summed E-state index contributed by atoms with van der Waals surface area (Å²) in [6.07, 6.45) is 2.30. The minimum Gasteiger partial charge on any atom is -0.399 e. The summed E-state index contributed by atoms with van der Waals surface area (Å²) in [5.74, 6) is 1.21. The van der Waals surface area contributed by atoms with E-state index in [9.17, 15) is 4.79 Å². The highest BCUT2D eigenvalue weighted by Crippen LogP contribution is 2.48. The van der Waals surface area contributed by atoms with E-state index in [0.29, 0.717) is 30.4 Å². The number of hydrogen-bond acceptors (Lipinski definition) is 5. The van der Waals surface area contributed by atoms with E-state index in [1.165, 1.54) is 0 Å². The number of amides is 1. The fourth-order valence-corrected chi connectivity index (χ4v) is 2.47. The fourth-order valence-electron chi connectivity index (χ4n) is 2.47. The number of aryl methyl sites for hydroxylation is 1. The van der Waals surface area contributed by atoms with Crippen molar-refractivity contribution in [1.29, 1.82) is 0 Å². The van der Waals surface area contributed by atoms with Gasteiger partial charge in [0, 0.05) is 18.7 Å². The molecule has 1 aromatic carbocycles. The second-order valence-corrected chi connectivity index (χ2v) is 5.45. The maximum atomic E-state index is 12.4. The van der Waals surface area contributed by atoms with Gasteiger partial charge in [0.25, 0.3) is 0 Å². The second-order valence-electron chi connectivity index (χ2n) is 5.45. The number of carbonyl (C=O) groups excluding carboxylic acids is 1. The first-order chi connectivity index (χ1) is 10.1. The highest BCUT2D eigenvalue weighted by molar-refractivity contribution is 5.91. The molecule has 110 valence electrons. The predicted molar refractivity (Wildman–Crippen MR) is 77.5 cm³/mol. The summed E-state index contributed by atoms with van der Waals surface area (Å²) >= 11 is 0. The van der Waals surface area contributed by atoms with Gasteiger partial charge in [-0.05, 0) is 37.5 Å². The Balaban J connectivity index is 1.59. The first-order valence-corrected chi connectivity index (χ1v) is 7.04. The van der Waals surface area contributed by atoms with Crippen LogP contribution < -0.4 is 11.1 Å². The summed E-state index contributed by atoms with van der Waals surface area (Å²) in [7, 11) is 0. The summed E-state index contributed by atoms with van der Waals surface area (Å²) in [6, 6.07) is 7.54. The van der Waals surface area contributed by atoms with E-state index in [0.717, 1.165) is 18.4 Å². The number of nitrogen functional groups attached to an aromatic ring is 1. The molecular formula is C15H18N4O2. The largest absolute Gasteiger partial charge is 0.399 e. The lowest BCUT2D eigenvalue weighted by atomic mass is 9.95. The quantitative estimate of drug-likeness (QED) is 0.809. The SMILES string of the molecule is Cc1noc(CCNC(=O)C2(c3ccc(N)cc3)CC2)n1. The predicted octanol–water partition coefficient (Wildman–Crippen LogP) is 1.35. The first-order valence-electron chi connectivity index (χ1n) is 7.04. The van der Waals surface area contributed by atoms with E-state index in [4.69, 9.17) is 10.3 Å². The summed E-state index contributed by atoms with van der Waals surface area (Å²) < 4.78 is 5.02. The normalized spacial score (nSPS) is 15.7. The molecule has 1 heterocycles. The van der Waals surface area contributed by atoms with Crippen molar-refractivity contribution >= 4 is 11.6 Å². The summed E-state index contributed by atoms with van der Waals surface area (Å²) in [4.78, 5) is 16.5. The summed E-state index contributed by atoms with van der Waals surface area (Å²) in [6.45, 7) is 2.27. The number of hydrogen-bond donors (Lipinski definition) is 2. The lowest BCUT2D eigenvalue weighted by molar-refractivity contribution is -0.123. The van der Waals surface area contributed by atoms with Crippen LogP contribution >= 0.6 is 0 Å². The number of anilines is 1. The Labute approximate surface area is 122 Å². The van der Waals surface area contributed by atoms with Gasteiger partial charge >= 0.3 is 0 Å². The Bertz CT molecular complexity index is 644. The molecule has 1 amide bonds. The number of nitrogens with zero attached hydrogens (tertiary/aromatic N) is 2. The zero-order valence-electron chi connectivity index (χ0n) is 11.9. The summed E-state index contributed by atoms with van der Waals surface area (Å²) in [5.41, 5.74) is 7.05. The monoisotopic (exact) mass is 286 g/mol. The number of carbonyl (C=O) groups is 1. The summed E-state index contributed by atoms with van der Waals surface area (Å²) in [5, 5.41) is 6.68. The van der Waals surface area contributed by atoms with Gasteiger partial charge in [-0.1, -0.05) is 17.3 Å². The van der Waals surface area contributed by atoms with Gasteiger partial charge in [0.05, 0.1) is 5.41 Å². The third kappa shape index (κ3) is 2.74. The van der Waals surface area contributed by atoms with Crippen LogP contribution in [-0.2, 0) is 16.6 Å². The lowest BCUT2D eigenvalue weighted by Gasteiger charge is -2.15. The highest BCUT2D eigenvalue weighted by atomic mass is 16.5.